The molecule has 4 nitrogen and oxygen atoms in total. The predicted molar refractivity (Wildman–Crippen MR) is 67.2 cm³/mol. The maximum atomic E-state index is 12.4. The van der Waals surface area contributed by atoms with Gasteiger partial charge in [0.2, 0.25) is 12.3 Å². The molecule has 2 bridgehead atoms. The lowest BCUT2D eigenvalue weighted by Crippen LogP contribution is -2.34. The van der Waals surface area contributed by atoms with Crippen molar-refractivity contribution in [2.24, 2.45) is 5.92 Å². The minimum Gasteiger partial charge on any atom is -0.360 e. The summed E-state index contributed by atoms with van der Waals surface area (Å²) < 4.78 is 6.02. The van der Waals surface area contributed by atoms with Crippen LogP contribution in [-0.4, -0.2) is 35.5 Å². The Morgan fingerprint density at radius 1 is 1.32 bits per heavy atom. The maximum Gasteiger partial charge on any atom is 0.236 e. The van der Waals surface area contributed by atoms with Crippen molar-refractivity contribution in [3.63, 3.8) is 0 Å². The number of carbonyl (C=O) groups excluding carboxylic acids is 2. The standard InChI is InChI=1S/C15H13NO3/c17-9-16-8-15-7-6-11(19-15)12(13(15)14(16)18)10-4-2-1-3-5-10/h1-7,9,11-13H,8H2. The van der Waals surface area contributed by atoms with Gasteiger partial charge in [-0.25, -0.2) is 0 Å². The van der Waals surface area contributed by atoms with E-state index in [0.29, 0.717) is 13.0 Å². The molecule has 2 saturated heterocycles. The van der Waals surface area contributed by atoms with Gasteiger partial charge in [0.25, 0.3) is 0 Å². The molecule has 0 aliphatic carbocycles. The Hall–Kier alpha value is -1.94. The van der Waals surface area contributed by atoms with Crippen LogP contribution in [0.3, 0.4) is 0 Å². The second kappa shape index (κ2) is 3.54. The third-order valence-corrected chi connectivity index (χ3v) is 4.44. The van der Waals surface area contributed by atoms with E-state index in [0.717, 1.165) is 5.56 Å². The molecule has 3 aliphatic rings. The second-order valence-electron chi connectivity index (χ2n) is 5.38. The molecule has 2 fully saturated rings. The summed E-state index contributed by atoms with van der Waals surface area (Å²) >= 11 is 0. The Balaban J connectivity index is 1.81. The number of hydrogen-bond donors (Lipinski definition) is 0. The topological polar surface area (TPSA) is 46.6 Å². The molecule has 1 aromatic carbocycles. The summed E-state index contributed by atoms with van der Waals surface area (Å²) in [6, 6.07) is 9.93. The van der Waals surface area contributed by atoms with Crippen LogP contribution in [-0.2, 0) is 14.3 Å². The summed E-state index contributed by atoms with van der Waals surface area (Å²) in [6.07, 6.45) is 4.55. The minimum absolute atomic E-state index is 0.0173. The number of ether oxygens (including phenoxy) is 1. The van der Waals surface area contributed by atoms with E-state index in [-0.39, 0.29) is 23.8 Å². The Labute approximate surface area is 110 Å². The summed E-state index contributed by atoms with van der Waals surface area (Å²) in [5, 5.41) is 0. The summed E-state index contributed by atoms with van der Waals surface area (Å²) in [6.45, 7) is 0.344. The van der Waals surface area contributed by atoms with Gasteiger partial charge < -0.3 is 4.74 Å². The Morgan fingerprint density at radius 2 is 2.11 bits per heavy atom. The molecular weight excluding hydrogens is 242 g/mol. The van der Waals surface area contributed by atoms with Gasteiger partial charge >= 0.3 is 0 Å². The number of rotatable bonds is 2. The predicted octanol–water partition coefficient (Wildman–Crippen LogP) is 1.09. The number of amides is 2. The highest BCUT2D eigenvalue weighted by molar-refractivity contribution is 5.93. The van der Waals surface area contributed by atoms with Gasteiger partial charge in [0, 0.05) is 5.92 Å². The summed E-state index contributed by atoms with van der Waals surface area (Å²) in [4.78, 5) is 24.6. The zero-order valence-electron chi connectivity index (χ0n) is 10.2. The van der Waals surface area contributed by atoms with Gasteiger partial charge in [0.1, 0.15) is 5.60 Å². The van der Waals surface area contributed by atoms with Crippen molar-refractivity contribution in [3.8, 4) is 0 Å². The molecule has 4 unspecified atom stereocenters. The van der Waals surface area contributed by atoms with Crippen molar-refractivity contribution >= 4 is 12.3 Å². The molecule has 0 saturated carbocycles. The van der Waals surface area contributed by atoms with E-state index in [4.69, 9.17) is 4.74 Å². The average molecular weight is 255 g/mol. The van der Waals surface area contributed by atoms with Gasteiger partial charge in [-0.15, -0.1) is 0 Å². The fourth-order valence-electron chi connectivity index (χ4n) is 3.67. The number of benzene rings is 1. The fourth-order valence-corrected chi connectivity index (χ4v) is 3.67. The van der Waals surface area contributed by atoms with Crippen LogP contribution in [0.1, 0.15) is 11.5 Å². The zero-order chi connectivity index (χ0) is 13.0. The van der Waals surface area contributed by atoms with Crippen molar-refractivity contribution in [3.05, 3.63) is 48.0 Å². The number of nitrogens with zero attached hydrogens (tertiary/aromatic N) is 1. The van der Waals surface area contributed by atoms with Gasteiger partial charge in [0.05, 0.1) is 18.6 Å². The van der Waals surface area contributed by atoms with Gasteiger partial charge in [-0.1, -0.05) is 42.5 Å². The highest BCUT2D eigenvalue weighted by Crippen LogP contribution is 2.55. The molecule has 4 rings (SSSR count). The number of fused-ring (bicyclic) bond motifs is 1. The van der Waals surface area contributed by atoms with Crippen LogP contribution in [0.2, 0.25) is 0 Å². The van der Waals surface area contributed by atoms with Crippen molar-refractivity contribution in [1.82, 2.24) is 4.90 Å². The van der Waals surface area contributed by atoms with E-state index in [1.165, 1.54) is 4.90 Å². The monoisotopic (exact) mass is 255 g/mol. The fraction of sp³-hybridized carbons (Fsp3) is 0.333. The highest BCUT2D eigenvalue weighted by Gasteiger charge is 2.65. The molecule has 4 heteroatoms. The van der Waals surface area contributed by atoms with Gasteiger partial charge in [-0.05, 0) is 5.56 Å². The molecule has 19 heavy (non-hydrogen) atoms. The van der Waals surface area contributed by atoms with Crippen molar-refractivity contribution in [2.45, 2.75) is 17.6 Å². The van der Waals surface area contributed by atoms with E-state index < -0.39 is 5.60 Å². The van der Waals surface area contributed by atoms with Crippen molar-refractivity contribution < 1.29 is 14.3 Å². The quantitative estimate of drug-likeness (QED) is 0.587. The first-order valence-corrected chi connectivity index (χ1v) is 6.43. The van der Waals surface area contributed by atoms with E-state index in [9.17, 15) is 9.59 Å². The maximum absolute atomic E-state index is 12.4. The number of hydrogen-bond acceptors (Lipinski definition) is 3. The first-order valence-electron chi connectivity index (χ1n) is 6.43. The molecule has 1 aromatic rings. The Kier molecular flexibility index (Phi) is 2.04. The number of likely N-dealkylation sites (tertiary alicyclic amines) is 1. The zero-order valence-corrected chi connectivity index (χ0v) is 10.2. The summed E-state index contributed by atoms with van der Waals surface area (Å²) in [5.41, 5.74) is 0.508. The van der Waals surface area contributed by atoms with E-state index in [1.807, 2.05) is 42.5 Å². The summed E-state index contributed by atoms with van der Waals surface area (Å²) in [7, 11) is 0. The highest BCUT2D eigenvalue weighted by atomic mass is 16.5. The number of imide groups is 1. The van der Waals surface area contributed by atoms with Crippen molar-refractivity contribution in [1.29, 1.82) is 0 Å². The van der Waals surface area contributed by atoms with E-state index in [2.05, 4.69) is 0 Å². The van der Waals surface area contributed by atoms with Crippen LogP contribution >= 0.6 is 0 Å². The molecule has 3 aliphatic heterocycles. The van der Waals surface area contributed by atoms with Crippen LogP contribution in [0.4, 0.5) is 0 Å². The lowest BCUT2D eigenvalue weighted by molar-refractivity contribution is -0.137. The van der Waals surface area contributed by atoms with Crippen LogP contribution in [0, 0.1) is 5.92 Å². The van der Waals surface area contributed by atoms with Crippen LogP contribution in [0.15, 0.2) is 42.5 Å². The smallest absolute Gasteiger partial charge is 0.236 e. The average Bonchev–Trinajstić information content (AvgIpc) is 3.08. The molecule has 4 atom stereocenters. The Bertz CT molecular complexity index is 582. The first kappa shape index (κ1) is 10.9. The molecular formula is C15H13NO3. The molecule has 2 amide bonds. The minimum atomic E-state index is -0.594. The van der Waals surface area contributed by atoms with Crippen LogP contribution in [0.5, 0.6) is 0 Å². The van der Waals surface area contributed by atoms with Crippen molar-refractivity contribution in [2.75, 3.05) is 6.54 Å². The molecule has 0 aromatic heterocycles. The molecule has 96 valence electrons. The van der Waals surface area contributed by atoms with Gasteiger partial charge in [-0.3, -0.25) is 14.5 Å². The second-order valence-corrected chi connectivity index (χ2v) is 5.38. The normalized spacial score (nSPS) is 38.8. The lowest BCUT2D eigenvalue weighted by Gasteiger charge is -2.24. The van der Waals surface area contributed by atoms with E-state index in [1.54, 1.807) is 0 Å². The largest absolute Gasteiger partial charge is 0.360 e. The van der Waals surface area contributed by atoms with Crippen LogP contribution in [0.25, 0.3) is 0 Å². The summed E-state index contributed by atoms with van der Waals surface area (Å²) in [5.74, 6) is -0.366. The molecule has 3 heterocycles. The Morgan fingerprint density at radius 3 is 2.84 bits per heavy atom. The molecule has 1 spiro atoms. The van der Waals surface area contributed by atoms with Gasteiger partial charge in [0.15, 0.2) is 0 Å². The first-order chi connectivity index (χ1) is 9.25. The molecule has 0 N–H and O–H groups in total. The SMILES string of the molecule is O=CN1CC23C=CC(O2)C(c2ccccc2)C3C1=O. The van der Waals surface area contributed by atoms with Crippen LogP contribution < -0.4 is 0 Å². The van der Waals surface area contributed by atoms with Gasteiger partial charge in [-0.2, -0.15) is 0 Å². The molecule has 0 radical (unpaired) electrons. The third kappa shape index (κ3) is 1.27. The number of carbonyl (C=O) groups is 2. The third-order valence-electron chi connectivity index (χ3n) is 4.44. The lowest BCUT2D eigenvalue weighted by atomic mass is 9.74. The van der Waals surface area contributed by atoms with E-state index >= 15 is 0 Å².